The number of hydrogen-bond acceptors (Lipinski definition) is 4. The zero-order chi connectivity index (χ0) is 32.9. The summed E-state index contributed by atoms with van der Waals surface area (Å²) in [6.45, 7) is 1.66. The third-order valence-corrected chi connectivity index (χ3v) is 8.29. The Hall–Kier alpha value is -6.08. The van der Waals surface area contributed by atoms with Crippen molar-refractivity contribution in [3.63, 3.8) is 0 Å². The van der Waals surface area contributed by atoms with E-state index in [0.717, 1.165) is 46.8 Å². The number of aromatic nitrogens is 1. The molecule has 0 aliphatic heterocycles. The van der Waals surface area contributed by atoms with Crippen LogP contribution < -0.4 is 4.74 Å². The van der Waals surface area contributed by atoms with Crippen molar-refractivity contribution in [2.24, 2.45) is 0 Å². The number of ether oxygens (including phenoxy) is 1. The summed E-state index contributed by atoms with van der Waals surface area (Å²) < 4.78 is 7.79. The summed E-state index contributed by atoms with van der Waals surface area (Å²) in [6.07, 6.45) is 1.80. The van der Waals surface area contributed by atoms with E-state index < -0.39 is 17.9 Å². The fraction of sp³-hybridized carbons (Fsp3) is 0.100. The monoisotopic (exact) mass is 623 g/mol. The zero-order valence-corrected chi connectivity index (χ0v) is 25.7. The number of phenols is 1. The van der Waals surface area contributed by atoms with E-state index in [-0.39, 0.29) is 11.3 Å². The van der Waals surface area contributed by atoms with Crippen LogP contribution in [0.4, 0.5) is 0 Å². The standard InChI is InChI=1S/C25H19NO3.C15H14O3/c27-24-13-11-18(14-21(24)25(28)29)26-22-12-10-16-6-4-5-9-19(16)20(22)15-23(26)17-7-2-1-3-8-17;1-11(15(16)17)12-6-5-9-14(10-12)18-13-7-3-2-4-8-13/h1-9,11,13-15,27H,10,12H2,(H,28,29);2-11H,1H3,(H,16,17). The molecule has 0 saturated carbocycles. The molecule has 1 aromatic heterocycles. The van der Waals surface area contributed by atoms with Crippen LogP contribution in [0.15, 0.2) is 133 Å². The molecule has 0 saturated heterocycles. The van der Waals surface area contributed by atoms with Crippen LogP contribution in [0.3, 0.4) is 0 Å². The second-order valence-electron chi connectivity index (χ2n) is 11.3. The zero-order valence-electron chi connectivity index (χ0n) is 25.7. The molecule has 1 aliphatic rings. The summed E-state index contributed by atoms with van der Waals surface area (Å²) in [7, 11) is 0. The summed E-state index contributed by atoms with van der Waals surface area (Å²) in [4.78, 5) is 22.5. The first-order valence-electron chi connectivity index (χ1n) is 15.3. The molecule has 0 fully saturated rings. The van der Waals surface area contributed by atoms with Gasteiger partial charge in [-0.15, -0.1) is 0 Å². The lowest BCUT2D eigenvalue weighted by Crippen LogP contribution is -2.09. The van der Waals surface area contributed by atoms with Gasteiger partial charge in [0.15, 0.2) is 0 Å². The number of fused-ring (bicyclic) bond motifs is 3. The molecule has 1 heterocycles. The van der Waals surface area contributed by atoms with Gasteiger partial charge in [-0.3, -0.25) is 4.79 Å². The van der Waals surface area contributed by atoms with E-state index >= 15 is 0 Å². The smallest absolute Gasteiger partial charge is 0.339 e. The SMILES string of the molecule is CC(C(=O)O)c1cccc(Oc2ccccc2)c1.O=C(O)c1cc(-n2c(-c3ccccc3)cc3c2CCc2ccccc2-3)ccc1O. The van der Waals surface area contributed by atoms with Crippen LogP contribution in [0.25, 0.3) is 28.1 Å². The fourth-order valence-corrected chi connectivity index (χ4v) is 5.85. The third-order valence-electron chi connectivity index (χ3n) is 8.29. The average Bonchev–Trinajstić information content (AvgIpc) is 3.49. The molecule has 7 nitrogen and oxygen atoms in total. The number of aromatic carboxylic acids is 1. The number of aromatic hydroxyl groups is 1. The molecular formula is C40H33NO6. The number of carboxylic acids is 2. The van der Waals surface area contributed by atoms with Crippen molar-refractivity contribution in [1.82, 2.24) is 4.57 Å². The average molecular weight is 624 g/mol. The van der Waals surface area contributed by atoms with Gasteiger partial charge in [-0.2, -0.15) is 0 Å². The molecule has 1 aliphatic carbocycles. The van der Waals surface area contributed by atoms with Gasteiger partial charge in [0.2, 0.25) is 0 Å². The summed E-state index contributed by atoms with van der Waals surface area (Å²) in [5, 5.41) is 28.4. The number of benzene rings is 5. The molecule has 0 spiro atoms. The second kappa shape index (κ2) is 13.5. The van der Waals surface area contributed by atoms with Crippen LogP contribution in [0.5, 0.6) is 17.2 Å². The van der Waals surface area contributed by atoms with E-state index in [1.165, 1.54) is 22.8 Å². The van der Waals surface area contributed by atoms with Crippen molar-refractivity contribution in [2.75, 3.05) is 0 Å². The van der Waals surface area contributed by atoms with Crippen LogP contribution >= 0.6 is 0 Å². The summed E-state index contributed by atoms with van der Waals surface area (Å²) in [5.41, 5.74) is 8.32. The van der Waals surface area contributed by atoms with Gasteiger partial charge in [-0.25, -0.2) is 4.79 Å². The minimum atomic E-state index is -1.14. The molecule has 6 aromatic rings. The molecule has 234 valence electrons. The number of hydrogen-bond donors (Lipinski definition) is 3. The van der Waals surface area contributed by atoms with Crippen LogP contribution in [-0.2, 0) is 17.6 Å². The number of aryl methyl sites for hydroxylation is 1. The van der Waals surface area contributed by atoms with Crippen molar-refractivity contribution >= 4 is 11.9 Å². The molecule has 5 aromatic carbocycles. The maximum Gasteiger partial charge on any atom is 0.339 e. The van der Waals surface area contributed by atoms with Crippen molar-refractivity contribution in [1.29, 1.82) is 0 Å². The summed E-state index contributed by atoms with van der Waals surface area (Å²) in [5.74, 6) is -1.37. The van der Waals surface area contributed by atoms with Gasteiger partial charge in [0.05, 0.1) is 11.6 Å². The van der Waals surface area contributed by atoms with Crippen LogP contribution in [0.2, 0.25) is 0 Å². The molecule has 7 heteroatoms. The van der Waals surface area contributed by atoms with Gasteiger partial charge in [-0.1, -0.05) is 84.9 Å². The summed E-state index contributed by atoms with van der Waals surface area (Å²) in [6, 6.07) is 42.0. The van der Waals surface area contributed by atoms with Crippen LogP contribution in [-0.4, -0.2) is 31.8 Å². The molecule has 0 amide bonds. The Labute approximate surface area is 272 Å². The van der Waals surface area contributed by atoms with E-state index in [0.29, 0.717) is 5.75 Å². The van der Waals surface area contributed by atoms with Gasteiger partial charge in [0.1, 0.15) is 22.8 Å². The van der Waals surface area contributed by atoms with Crippen molar-refractivity contribution < 1.29 is 29.6 Å². The number of aliphatic carboxylic acids is 1. The molecule has 0 bridgehead atoms. The number of para-hydroxylation sites is 1. The Kier molecular flexibility index (Phi) is 8.88. The number of carboxylic acid groups (broad SMARTS) is 2. The summed E-state index contributed by atoms with van der Waals surface area (Å²) >= 11 is 0. The predicted molar refractivity (Wildman–Crippen MR) is 182 cm³/mol. The van der Waals surface area contributed by atoms with Crippen molar-refractivity contribution in [2.45, 2.75) is 25.7 Å². The Bertz CT molecular complexity index is 2050. The lowest BCUT2D eigenvalue weighted by Gasteiger charge is -2.20. The normalized spacial score (nSPS) is 12.1. The molecule has 47 heavy (non-hydrogen) atoms. The third kappa shape index (κ3) is 6.65. The highest BCUT2D eigenvalue weighted by molar-refractivity contribution is 5.92. The minimum Gasteiger partial charge on any atom is -0.507 e. The van der Waals surface area contributed by atoms with Gasteiger partial charge in [-0.05, 0) is 90.6 Å². The predicted octanol–water partition coefficient (Wildman–Crippen LogP) is 8.98. The first-order chi connectivity index (χ1) is 22.8. The Morgan fingerprint density at radius 3 is 2.11 bits per heavy atom. The highest BCUT2D eigenvalue weighted by Crippen LogP contribution is 2.41. The molecular weight excluding hydrogens is 590 g/mol. The lowest BCUT2D eigenvalue weighted by atomic mass is 9.90. The number of rotatable bonds is 7. The Morgan fingerprint density at radius 2 is 1.38 bits per heavy atom. The Balaban J connectivity index is 0.000000185. The lowest BCUT2D eigenvalue weighted by molar-refractivity contribution is -0.138. The van der Waals surface area contributed by atoms with Crippen molar-refractivity contribution in [3.8, 4) is 45.3 Å². The molecule has 1 atom stereocenters. The highest BCUT2D eigenvalue weighted by atomic mass is 16.5. The van der Waals surface area contributed by atoms with E-state index in [4.69, 9.17) is 9.84 Å². The maximum atomic E-state index is 11.6. The highest BCUT2D eigenvalue weighted by Gasteiger charge is 2.24. The van der Waals surface area contributed by atoms with Gasteiger partial charge in [0, 0.05) is 16.9 Å². The second-order valence-corrected chi connectivity index (χ2v) is 11.3. The molecule has 7 rings (SSSR count). The van der Waals surface area contributed by atoms with Gasteiger partial charge < -0.3 is 24.6 Å². The molecule has 3 N–H and O–H groups in total. The van der Waals surface area contributed by atoms with E-state index in [1.54, 1.807) is 37.3 Å². The topological polar surface area (TPSA) is 109 Å². The van der Waals surface area contributed by atoms with E-state index in [9.17, 15) is 19.8 Å². The fourth-order valence-electron chi connectivity index (χ4n) is 5.85. The quantitative estimate of drug-likeness (QED) is 0.164. The van der Waals surface area contributed by atoms with Gasteiger partial charge in [0.25, 0.3) is 0 Å². The first-order valence-corrected chi connectivity index (χ1v) is 15.3. The van der Waals surface area contributed by atoms with E-state index in [2.05, 4.69) is 47.0 Å². The largest absolute Gasteiger partial charge is 0.507 e. The molecule has 1 unspecified atom stereocenters. The van der Waals surface area contributed by atoms with Crippen molar-refractivity contribution in [3.05, 3.63) is 156 Å². The van der Waals surface area contributed by atoms with Crippen LogP contribution in [0.1, 0.15) is 40.0 Å². The number of carbonyl (C=O) groups is 2. The van der Waals surface area contributed by atoms with E-state index in [1.807, 2.05) is 54.6 Å². The van der Waals surface area contributed by atoms with Crippen LogP contribution in [0, 0.1) is 0 Å². The van der Waals surface area contributed by atoms with Gasteiger partial charge >= 0.3 is 11.9 Å². The number of nitrogens with zero attached hydrogens (tertiary/aromatic N) is 1. The minimum absolute atomic E-state index is 0.0971. The maximum absolute atomic E-state index is 11.6. The first kappa shape index (κ1) is 30.9. The Morgan fingerprint density at radius 1 is 0.702 bits per heavy atom. The molecule has 0 radical (unpaired) electrons.